The van der Waals surface area contributed by atoms with E-state index in [-0.39, 0.29) is 11.9 Å². The highest BCUT2D eigenvalue weighted by Gasteiger charge is 2.27. The van der Waals surface area contributed by atoms with Crippen LogP contribution in [0, 0.1) is 0 Å². The van der Waals surface area contributed by atoms with Crippen LogP contribution in [0.1, 0.15) is 5.56 Å². The van der Waals surface area contributed by atoms with Crippen molar-refractivity contribution in [2.24, 2.45) is 0 Å². The Morgan fingerprint density at radius 1 is 1.61 bits per heavy atom. The molecule has 1 amide bonds. The highest BCUT2D eigenvalue weighted by molar-refractivity contribution is 6.30. The fraction of sp³-hybridized carbons (Fsp3) is 0.462. The SMILES string of the molecule is CNC(=O)C1CNCCN1Cc1cccc(Cl)c1. The summed E-state index contributed by atoms with van der Waals surface area (Å²) in [4.78, 5) is 14.0. The molecule has 1 aromatic rings. The molecule has 1 aromatic carbocycles. The molecule has 1 heterocycles. The zero-order valence-electron chi connectivity index (χ0n) is 10.4. The number of halogens is 1. The summed E-state index contributed by atoms with van der Waals surface area (Å²) in [5.41, 5.74) is 1.14. The zero-order chi connectivity index (χ0) is 13.0. The summed E-state index contributed by atoms with van der Waals surface area (Å²) in [6.45, 7) is 3.22. The Bertz CT molecular complexity index is 424. The van der Waals surface area contributed by atoms with E-state index in [1.807, 2.05) is 24.3 Å². The van der Waals surface area contributed by atoms with Gasteiger partial charge in [-0.2, -0.15) is 0 Å². The van der Waals surface area contributed by atoms with E-state index in [0.29, 0.717) is 6.54 Å². The Balaban J connectivity index is 2.07. The molecule has 0 bridgehead atoms. The van der Waals surface area contributed by atoms with E-state index >= 15 is 0 Å². The zero-order valence-corrected chi connectivity index (χ0v) is 11.2. The second-order valence-corrected chi connectivity index (χ2v) is 4.87. The van der Waals surface area contributed by atoms with Gasteiger partial charge in [-0.25, -0.2) is 0 Å². The van der Waals surface area contributed by atoms with Crippen LogP contribution >= 0.6 is 11.6 Å². The van der Waals surface area contributed by atoms with E-state index in [1.54, 1.807) is 7.05 Å². The highest BCUT2D eigenvalue weighted by Crippen LogP contribution is 2.15. The van der Waals surface area contributed by atoms with Crippen molar-refractivity contribution >= 4 is 17.5 Å². The maximum Gasteiger partial charge on any atom is 0.238 e. The summed E-state index contributed by atoms with van der Waals surface area (Å²) in [7, 11) is 1.68. The number of carbonyl (C=O) groups excluding carboxylic acids is 1. The van der Waals surface area contributed by atoms with Crippen LogP contribution in [-0.2, 0) is 11.3 Å². The molecule has 98 valence electrons. The second kappa shape index (κ2) is 6.18. The van der Waals surface area contributed by atoms with Crippen LogP contribution in [0.2, 0.25) is 5.02 Å². The highest BCUT2D eigenvalue weighted by atomic mass is 35.5. The molecule has 0 spiro atoms. The maximum absolute atomic E-state index is 11.8. The molecular formula is C13H18ClN3O. The van der Waals surface area contributed by atoms with Gasteiger partial charge in [0.1, 0.15) is 6.04 Å². The van der Waals surface area contributed by atoms with Crippen LogP contribution in [0.15, 0.2) is 24.3 Å². The van der Waals surface area contributed by atoms with Crippen molar-refractivity contribution in [2.45, 2.75) is 12.6 Å². The number of nitrogens with one attached hydrogen (secondary N) is 2. The van der Waals surface area contributed by atoms with Crippen molar-refractivity contribution in [3.05, 3.63) is 34.9 Å². The lowest BCUT2D eigenvalue weighted by molar-refractivity contribution is -0.126. The molecule has 2 N–H and O–H groups in total. The fourth-order valence-electron chi connectivity index (χ4n) is 2.23. The lowest BCUT2D eigenvalue weighted by Gasteiger charge is -2.34. The number of amides is 1. The van der Waals surface area contributed by atoms with Gasteiger partial charge in [0.25, 0.3) is 0 Å². The minimum Gasteiger partial charge on any atom is -0.358 e. The molecule has 5 heteroatoms. The number of nitrogens with zero attached hydrogens (tertiary/aromatic N) is 1. The minimum atomic E-state index is -0.109. The summed E-state index contributed by atoms with van der Waals surface area (Å²) in [6.07, 6.45) is 0. The number of piperazine rings is 1. The molecule has 0 aliphatic carbocycles. The minimum absolute atomic E-state index is 0.0595. The molecule has 0 saturated carbocycles. The number of rotatable bonds is 3. The fourth-order valence-corrected chi connectivity index (χ4v) is 2.44. The topological polar surface area (TPSA) is 44.4 Å². The van der Waals surface area contributed by atoms with Crippen LogP contribution < -0.4 is 10.6 Å². The molecule has 18 heavy (non-hydrogen) atoms. The third-order valence-electron chi connectivity index (χ3n) is 3.18. The summed E-state index contributed by atoms with van der Waals surface area (Å²) in [5.74, 6) is 0.0595. The van der Waals surface area contributed by atoms with Gasteiger partial charge in [-0.1, -0.05) is 23.7 Å². The molecule has 1 fully saturated rings. The van der Waals surface area contributed by atoms with Gasteiger partial charge in [-0.05, 0) is 17.7 Å². The lowest BCUT2D eigenvalue weighted by Crippen LogP contribution is -2.56. The molecule has 1 unspecified atom stereocenters. The molecule has 2 rings (SSSR count). The predicted molar refractivity (Wildman–Crippen MR) is 72.6 cm³/mol. The smallest absolute Gasteiger partial charge is 0.238 e. The van der Waals surface area contributed by atoms with Crippen molar-refractivity contribution in [1.82, 2.24) is 15.5 Å². The Labute approximate surface area is 112 Å². The molecule has 1 atom stereocenters. The first kappa shape index (κ1) is 13.3. The average molecular weight is 268 g/mol. The van der Waals surface area contributed by atoms with E-state index in [9.17, 15) is 4.79 Å². The van der Waals surface area contributed by atoms with Crippen molar-refractivity contribution in [3.63, 3.8) is 0 Å². The largest absolute Gasteiger partial charge is 0.358 e. The van der Waals surface area contributed by atoms with Crippen molar-refractivity contribution in [1.29, 1.82) is 0 Å². The first-order valence-corrected chi connectivity index (χ1v) is 6.49. The third-order valence-corrected chi connectivity index (χ3v) is 3.41. The Hall–Kier alpha value is -1.10. The van der Waals surface area contributed by atoms with Crippen LogP contribution in [0.5, 0.6) is 0 Å². The van der Waals surface area contributed by atoms with E-state index in [0.717, 1.165) is 30.2 Å². The predicted octanol–water partition coefficient (Wildman–Crippen LogP) is 0.860. The number of likely N-dealkylation sites (N-methyl/N-ethyl adjacent to an activating group) is 1. The summed E-state index contributed by atoms with van der Waals surface area (Å²) in [5, 5.41) is 6.70. The Morgan fingerprint density at radius 2 is 2.44 bits per heavy atom. The van der Waals surface area contributed by atoms with E-state index in [2.05, 4.69) is 15.5 Å². The number of hydrogen-bond donors (Lipinski definition) is 2. The number of carbonyl (C=O) groups is 1. The van der Waals surface area contributed by atoms with Crippen molar-refractivity contribution in [3.8, 4) is 0 Å². The first-order chi connectivity index (χ1) is 8.70. The molecule has 1 saturated heterocycles. The molecule has 1 aliphatic rings. The molecule has 1 aliphatic heterocycles. The molecule has 0 aromatic heterocycles. The normalized spacial score (nSPS) is 20.7. The number of hydrogen-bond acceptors (Lipinski definition) is 3. The van der Waals surface area contributed by atoms with Crippen LogP contribution in [-0.4, -0.2) is 43.5 Å². The van der Waals surface area contributed by atoms with Gasteiger partial charge in [0.05, 0.1) is 0 Å². The van der Waals surface area contributed by atoms with Crippen molar-refractivity contribution < 1.29 is 4.79 Å². The van der Waals surface area contributed by atoms with Crippen LogP contribution in [0.4, 0.5) is 0 Å². The van der Waals surface area contributed by atoms with Gasteiger partial charge in [0.15, 0.2) is 0 Å². The second-order valence-electron chi connectivity index (χ2n) is 4.43. The average Bonchev–Trinajstić information content (AvgIpc) is 2.38. The third kappa shape index (κ3) is 3.22. The summed E-state index contributed by atoms with van der Waals surface area (Å²) >= 11 is 5.98. The van der Waals surface area contributed by atoms with Gasteiger partial charge in [-0.3, -0.25) is 9.69 Å². The van der Waals surface area contributed by atoms with Gasteiger partial charge < -0.3 is 10.6 Å². The van der Waals surface area contributed by atoms with Gasteiger partial charge in [-0.15, -0.1) is 0 Å². The maximum atomic E-state index is 11.8. The van der Waals surface area contributed by atoms with Gasteiger partial charge in [0.2, 0.25) is 5.91 Å². The van der Waals surface area contributed by atoms with Crippen molar-refractivity contribution in [2.75, 3.05) is 26.7 Å². The van der Waals surface area contributed by atoms with Gasteiger partial charge in [0, 0.05) is 38.2 Å². The number of benzene rings is 1. The van der Waals surface area contributed by atoms with Gasteiger partial charge >= 0.3 is 0 Å². The quantitative estimate of drug-likeness (QED) is 0.854. The standard InChI is InChI=1S/C13H18ClN3O/c1-15-13(18)12-8-16-5-6-17(12)9-10-3-2-4-11(14)7-10/h2-4,7,12,16H,5-6,8-9H2,1H3,(H,15,18). The lowest BCUT2D eigenvalue weighted by atomic mass is 10.1. The summed E-state index contributed by atoms with van der Waals surface area (Å²) < 4.78 is 0. The molecule has 0 radical (unpaired) electrons. The van der Waals surface area contributed by atoms with E-state index < -0.39 is 0 Å². The monoisotopic (exact) mass is 267 g/mol. The van der Waals surface area contributed by atoms with Crippen LogP contribution in [0.3, 0.4) is 0 Å². The first-order valence-electron chi connectivity index (χ1n) is 6.11. The summed E-state index contributed by atoms with van der Waals surface area (Å²) in [6, 6.07) is 7.68. The van der Waals surface area contributed by atoms with E-state index in [1.165, 1.54) is 0 Å². The molecule has 4 nitrogen and oxygen atoms in total. The molecular weight excluding hydrogens is 250 g/mol. The van der Waals surface area contributed by atoms with Crippen LogP contribution in [0.25, 0.3) is 0 Å². The Morgan fingerprint density at radius 3 is 3.17 bits per heavy atom. The van der Waals surface area contributed by atoms with E-state index in [4.69, 9.17) is 11.6 Å². The Kier molecular flexibility index (Phi) is 4.58.